The first-order chi connectivity index (χ1) is 9.11. The predicted octanol–water partition coefficient (Wildman–Crippen LogP) is 1.33. The Kier molecular flexibility index (Phi) is 4.80. The summed E-state index contributed by atoms with van der Waals surface area (Å²) in [6.07, 6.45) is 0. The first-order valence-electron chi connectivity index (χ1n) is 6.99. The molecule has 1 aliphatic heterocycles. The van der Waals surface area contributed by atoms with Crippen LogP contribution < -0.4 is 10.5 Å². The van der Waals surface area contributed by atoms with E-state index in [0.29, 0.717) is 12.6 Å². The van der Waals surface area contributed by atoms with Crippen LogP contribution >= 0.6 is 0 Å². The number of piperazine rings is 1. The van der Waals surface area contributed by atoms with Gasteiger partial charge in [-0.15, -0.1) is 0 Å². The molecule has 4 nitrogen and oxygen atoms in total. The topological polar surface area (TPSA) is 41.7 Å². The lowest BCUT2D eigenvalue weighted by Gasteiger charge is -2.40. The third-order valence-corrected chi connectivity index (χ3v) is 3.87. The lowest BCUT2D eigenvalue weighted by Crippen LogP contribution is -2.54. The summed E-state index contributed by atoms with van der Waals surface area (Å²) in [6.45, 7) is 5.87. The fourth-order valence-electron chi connectivity index (χ4n) is 2.63. The van der Waals surface area contributed by atoms with E-state index in [1.54, 1.807) is 0 Å². The van der Waals surface area contributed by atoms with Crippen molar-refractivity contribution in [2.75, 3.05) is 40.3 Å². The molecule has 0 aliphatic carbocycles. The number of nitrogens with zero attached hydrogens (tertiary/aromatic N) is 2. The molecule has 1 aromatic rings. The number of likely N-dealkylation sites (N-methyl/N-ethyl adjacent to an activating group) is 2. The van der Waals surface area contributed by atoms with Gasteiger partial charge >= 0.3 is 0 Å². The van der Waals surface area contributed by atoms with Crippen LogP contribution in [0.2, 0.25) is 0 Å². The van der Waals surface area contributed by atoms with Crippen LogP contribution in [0.15, 0.2) is 24.3 Å². The van der Waals surface area contributed by atoms with E-state index in [2.05, 4.69) is 36.0 Å². The van der Waals surface area contributed by atoms with Crippen LogP contribution in [0.3, 0.4) is 0 Å². The van der Waals surface area contributed by atoms with Crippen molar-refractivity contribution in [1.29, 1.82) is 0 Å². The van der Waals surface area contributed by atoms with Crippen LogP contribution in [0.5, 0.6) is 5.75 Å². The zero-order chi connectivity index (χ0) is 13.8. The van der Waals surface area contributed by atoms with Gasteiger partial charge in [-0.1, -0.05) is 12.1 Å². The average molecular weight is 263 g/mol. The Morgan fingerprint density at radius 3 is 2.89 bits per heavy atom. The van der Waals surface area contributed by atoms with Gasteiger partial charge in [-0.2, -0.15) is 0 Å². The molecule has 1 aromatic carbocycles. The summed E-state index contributed by atoms with van der Waals surface area (Å²) < 4.78 is 5.55. The lowest BCUT2D eigenvalue weighted by molar-refractivity contribution is 0.0973. The smallest absolute Gasteiger partial charge is 0.119 e. The van der Waals surface area contributed by atoms with Crippen molar-refractivity contribution in [1.82, 2.24) is 9.80 Å². The van der Waals surface area contributed by atoms with Gasteiger partial charge in [0.15, 0.2) is 0 Å². The molecule has 1 saturated heterocycles. The minimum absolute atomic E-state index is 0.0214. The van der Waals surface area contributed by atoms with Crippen molar-refractivity contribution in [3.05, 3.63) is 29.8 Å². The van der Waals surface area contributed by atoms with Gasteiger partial charge in [0.05, 0.1) is 6.61 Å². The quantitative estimate of drug-likeness (QED) is 0.890. The van der Waals surface area contributed by atoms with Crippen LogP contribution in [-0.2, 0) is 0 Å². The van der Waals surface area contributed by atoms with Crippen molar-refractivity contribution < 1.29 is 4.74 Å². The first-order valence-corrected chi connectivity index (χ1v) is 6.99. The summed E-state index contributed by atoms with van der Waals surface area (Å²) in [4.78, 5) is 4.70. The second kappa shape index (κ2) is 6.37. The first kappa shape index (κ1) is 14.3. The highest BCUT2D eigenvalue weighted by Crippen LogP contribution is 2.24. The fraction of sp³-hybridized carbons (Fsp3) is 0.600. The van der Waals surface area contributed by atoms with Crippen LogP contribution in [-0.4, -0.2) is 56.2 Å². The Hall–Kier alpha value is -1.10. The molecule has 1 heterocycles. The van der Waals surface area contributed by atoms with Crippen molar-refractivity contribution in [2.24, 2.45) is 5.73 Å². The summed E-state index contributed by atoms with van der Waals surface area (Å²) in [5.41, 5.74) is 7.61. The summed E-state index contributed by atoms with van der Waals surface area (Å²) in [5, 5.41) is 0. The molecule has 2 rings (SSSR count). The summed E-state index contributed by atoms with van der Waals surface area (Å²) >= 11 is 0. The van der Waals surface area contributed by atoms with Crippen molar-refractivity contribution in [3.63, 3.8) is 0 Å². The Morgan fingerprint density at radius 1 is 1.37 bits per heavy atom. The van der Waals surface area contributed by atoms with Gasteiger partial charge in [-0.25, -0.2) is 0 Å². The number of rotatable bonds is 4. The van der Waals surface area contributed by atoms with E-state index in [-0.39, 0.29) is 6.04 Å². The van der Waals surface area contributed by atoms with E-state index < -0.39 is 0 Å². The van der Waals surface area contributed by atoms with E-state index in [1.165, 1.54) is 0 Å². The molecule has 1 fully saturated rings. The Labute approximate surface area is 116 Å². The average Bonchev–Trinajstić information content (AvgIpc) is 2.41. The van der Waals surface area contributed by atoms with Gasteiger partial charge < -0.3 is 15.4 Å². The van der Waals surface area contributed by atoms with E-state index >= 15 is 0 Å². The monoisotopic (exact) mass is 263 g/mol. The molecule has 0 saturated carbocycles. The molecule has 0 bridgehead atoms. The van der Waals surface area contributed by atoms with Gasteiger partial charge in [-0.3, -0.25) is 4.90 Å². The molecule has 4 heteroatoms. The predicted molar refractivity (Wildman–Crippen MR) is 78.5 cm³/mol. The molecule has 2 N–H and O–H groups in total. The Morgan fingerprint density at radius 2 is 2.16 bits per heavy atom. The van der Waals surface area contributed by atoms with E-state index in [0.717, 1.165) is 30.9 Å². The second-order valence-electron chi connectivity index (χ2n) is 5.34. The number of benzene rings is 1. The van der Waals surface area contributed by atoms with Gasteiger partial charge in [0.1, 0.15) is 5.75 Å². The minimum Gasteiger partial charge on any atom is -0.494 e. The maximum absolute atomic E-state index is 6.46. The van der Waals surface area contributed by atoms with Crippen LogP contribution in [0.1, 0.15) is 18.5 Å². The number of ether oxygens (including phenoxy) is 1. The molecule has 0 spiro atoms. The van der Waals surface area contributed by atoms with Crippen LogP contribution in [0.25, 0.3) is 0 Å². The number of nitrogens with two attached hydrogens (primary N) is 1. The summed E-state index contributed by atoms with van der Waals surface area (Å²) in [7, 11) is 4.31. The largest absolute Gasteiger partial charge is 0.494 e. The molecule has 0 aromatic heterocycles. The van der Waals surface area contributed by atoms with E-state index in [9.17, 15) is 0 Å². The van der Waals surface area contributed by atoms with Crippen molar-refractivity contribution in [3.8, 4) is 5.75 Å². The van der Waals surface area contributed by atoms with Crippen molar-refractivity contribution >= 4 is 0 Å². The molecule has 1 aliphatic rings. The third kappa shape index (κ3) is 3.47. The Balaban J connectivity index is 2.13. The number of hydrogen-bond acceptors (Lipinski definition) is 4. The standard InChI is InChI=1S/C15H25N3O/c1-4-19-13-7-5-6-12(10-13)15(16)14-11-17(2)8-9-18(14)3/h5-7,10,14-15H,4,8-9,11,16H2,1-3H3. The molecule has 0 radical (unpaired) electrons. The zero-order valence-corrected chi connectivity index (χ0v) is 12.2. The Bertz CT molecular complexity index is 410. The highest BCUT2D eigenvalue weighted by molar-refractivity contribution is 5.31. The maximum Gasteiger partial charge on any atom is 0.119 e. The molecular weight excluding hydrogens is 238 g/mol. The van der Waals surface area contributed by atoms with Crippen LogP contribution in [0, 0.1) is 0 Å². The second-order valence-corrected chi connectivity index (χ2v) is 5.34. The van der Waals surface area contributed by atoms with Crippen LogP contribution in [0.4, 0.5) is 0 Å². The molecule has 2 atom stereocenters. The maximum atomic E-state index is 6.46. The van der Waals surface area contributed by atoms with E-state index in [4.69, 9.17) is 10.5 Å². The van der Waals surface area contributed by atoms with E-state index in [1.807, 2.05) is 19.1 Å². The highest BCUT2D eigenvalue weighted by Gasteiger charge is 2.28. The SMILES string of the molecule is CCOc1cccc(C(N)C2CN(C)CCN2C)c1. The number of hydrogen-bond donors (Lipinski definition) is 1. The summed E-state index contributed by atoms with van der Waals surface area (Å²) in [5.74, 6) is 0.905. The normalized spacial score (nSPS) is 23.3. The fourth-order valence-corrected chi connectivity index (χ4v) is 2.63. The van der Waals surface area contributed by atoms with Gasteiger partial charge in [0.2, 0.25) is 0 Å². The molecule has 0 amide bonds. The lowest BCUT2D eigenvalue weighted by atomic mass is 9.97. The molecular formula is C15H25N3O. The molecule has 19 heavy (non-hydrogen) atoms. The highest BCUT2D eigenvalue weighted by atomic mass is 16.5. The third-order valence-electron chi connectivity index (χ3n) is 3.87. The minimum atomic E-state index is 0.0214. The molecule has 2 unspecified atom stereocenters. The summed E-state index contributed by atoms with van der Waals surface area (Å²) in [6, 6.07) is 8.54. The van der Waals surface area contributed by atoms with Gasteiger partial charge in [0, 0.05) is 31.7 Å². The van der Waals surface area contributed by atoms with Gasteiger partial charge in [0.25, 0.3) is 0 Å². The zero-order valence-electron chi connectivity index (χ0n) is 12.2. The molecule has 106 valence electrons. The van der Waals surface area contributed by atoms with Gasteiger partial charge in [-0.05, 0) is 38.7 Å². The van der Waals surface area contributed by atoms with Crippen molar-refractivity contribution in [2.45, 2.75) is 19.0 Å².